The van der Waals surface area contributed by atoms with E-state index in [1.807, 2.05) is 0 Å². The van der Waals surface area contributed by atoms with Crippen molar-refractivity contribution in [2.75, 3.05) is 0 Å². The Kier molecular flexibility index (Phi) is 2.17. The monoisotopic (exact) mass is 218 g/mol. The lowest BCUT2D eigenvalue weighted by atomic mass is 10.1. The molecule has 0 bridgehead atoms. The van der Waals surface area contributed by atoms with Crippen LogP contribution in [-0.4, -0.2) is 9.78 Å². The predicted molar refractivity (Wildman–Crippen MR) is 65.4 cm³/mol. The van der Waals surface area contributed by atoms with Crippen LogP contribution in [0.5, 0.6) is 0 Å². The summed E-state index contributed by atoms with van der Waals surface area (Å²) in [5.41, 5.74) is 1.95. The highest BCUT2D eigenvalue weighted by Crippen LogP contribution is 2.64. The van der Waals surface area contributed by atoms with E-state index in [1.54, 1.807) is 0 Å². The molecule has 0 saturated heterocycles. The van der Waals surface area contributed by atoms with E-state index in [9.17, 15) is 0 Å². The molecule has 2 fully saturated rings. The summed E-state index contributed by atoms with van der Waals surface area (Å²) >= 11 is 0. The third kappa shape index (κ3) is 1.42. The maximum Gasteiger partial charge on any atom is 0.0525 e. The van der Waals surface area contributed by atoms with Crippen LogP contribution in [0.4, 0.5) is 0 Å². The minimum Gasteiger partial charge on any atom is -0.269 e. The second kappa shape index (κ2) is 3.35. The lowest BCUT2D eigenvalue weighted by molar-refractivity contribution is 0.466. The number of aromatic nitrogens is 2. The third-order valence-electron chi connectivity index (χ3n) is 5.05. The average molecular weight is 218 g/mol. The average Bonchev–Trinajstić information content (AvgIpc) is 2.77. The highest BCUT2D eigenvalue weighted by Gasteiger charge is 2.55. The molecule has 0 spiro atoms. The van der Waals surface area contributed by atoms with E-state index in [0.717, 1.165) is 11.8 Å². The van der Waals surface area contributed by atoms with Gasteiger partial charge in [0.1, 0.15) is 0 Å². The molecule has 2 nitrogen and oxygen atoms in total. The van der Waals surface area contributed by atoms with Gasteiger partial charge in [0.25, 0.3) is 0 Å². The molecule has 2 aliphatic carbocycles. The lowest BCUT2D eigenvalue weighted by Crippen LogP contribution is -2.04. The Hall–Kier alpha value is -0.790. The first-order chi connectivity index (χ1) is 7.60. The molecule has 0 aliphatic heterocycles. The number of hydrogen-bond acceptors (Lipinski definition) is 1. The van der Waals surface area contributed by atoms with Gasteiger partial charge in [0, 0.05) is 6.20 Å². The third-order valence-corrected chi connectivity index (χ3v) is 5.05. The molecular weight excluding hydrogens is 196 g/mol. The van der Waals surface area contributed by atoms with Gasteiger partial charge in [-0.3, -0.25) is 4.68 Å². The fourth-order valence-electron chi connectivity index (χ4n) is 3.49. The SMILES string of the molecule is C[C@@H]1[C@@H](c2cnn(C3CCCC3)c2)C1(C)C. The van der Waals surface area contributed by atoms with Gasteiger partial charge in [0.2, 0.25) is 0 Å². The molecule has 0 radical (unpaired) electrons. The van der Waals surface area contributed by atoms with Crippen LogP contribution >= 0.6 is 0 Å². The number of nitrogens with zero attached hydrogens (tertiary/aromatic N) is 2. The minimum absolute atomic E-state index is 0.490. The fourth-order valence-corrected chi connectivity index (χ4v) is 3.49. The van der Waals surface area contributed by atoms with Crippen LogP contribution < -0.4 is 0 Å². The van der Waals surface area contributed by atoms with Crippen molar-refractivity contribution >= 4 is 0 Å². The summed E-state index contributed by atoms with van der Waals surface area (Å²) in [6, 6.07) is 0.686. The van der Waals surface area contributed by atoms with E-state index in [1.165, 1.54) is 31.2 Å². The Morgan fingerprint density at radius 2 is 1.94 bits per heavy atom. The maximum absolute atomic E-state index is 4.58. The van der Waals surface area contributed by atoms with E-state index >= 15 is 0 Å². The maximum atomic E-state index is 4.58. The number of hydrogen-bond donors (Lipinski definition) is 0. The van der Waals surface area contributed by atoms with Crippen molar-refractivity contribution in [1.29, 1.82) is 0 Å². The smallest absolute Gasteiger partial charge is 0.0525 e. The fraction of sp³-hybridized carbons (Fsp3) is 0.786. The van der Waals surface area contributed by atoms with Gasteiger partial charge in [0.15, 0.2) is 0 Å². The van der Waals surface area contributed by atoms with Crippen LogP contribution in [-0.2, 0) is 0 Å². The lowest BCUT2D eigenvalue weighted by Gasteiger charge is -2.08. The molecule has 1 heterocycles. The van der Waals surface area contributed by atoms with E-state index in [0.29, 0.717) is 11.5 Å². The molecule has 0 aromatic carbocycles. The summed E-state index contributed by atoms with van der Waals surface area (Å²) in [7, 11) is 0. The summed E-state index contributed by atoms with van der Waals surface area (Å²) in [4.78, 5) is 0. The molecule has 2 aliphatic rings. The van der Waals surface area contributed by atoms with Crippen molar-refractivity contribution in [3.63, 3.8) is 0 Å². The zero-order chi connectivity index (χ0) is 11.3. The summed E-state index contributed by atoms with van der Waals surface area (Å²) in [5.74, 6) is 1.55. The van der Waals surface area contributed by atoms with Gasteiger partial charge in [-0.2, -0.15) is 5.10 Å². The van der Waals surface area contributed by atoms with Crippen LogP contribution in [0.3, 0.4) is 0 Å². The molecule has 2 atom stereocenters. The van der Waals surface area contributed by atoms with Gasteiger partial charge < -0.3 is 0 Å². The molecular formula is C14H22N2. The zero-order valence-electron chi connectivity index (χ0n) is 10.6. The molecule has 1 aromatic heterocycles. The molecule has 0 amide bonds. The highest BCUT2D eigenvalue weighted by atomic mass is 15.3. The molecule has 88 valence electrons. The topological polar surface area (TPSA) is 17.8 Å². The van der Waals surface area contributed by atoms with E-state index in [-0.39, 0.29) is 0 Å². The summed E-state index contributed by atoms with van der Waals surface area (Å²) < 4.78 is 2.23. The van der Waals surface area contributed by atoms with Gasteiger partial charge in [-0.15, -0.1) is 0 Å². The van der Waals surface area contributed by atoms with E-state index in [2.05, 4.69) is 42.9 Å². The predicted octanol–water partition coefficient (Wildman–Crippen LogP) is 3.76. The van der Waals surface area contributed by atoms with Crippen LogP contribution in [0.25, 0.3) is 0 Å². The molecule has 1 aromatic rings. The van der Waals surface area contributed by atoms with Gasteiger partial charge in [-0.1, -0.05) is 33.6 Å². The summed E-state index contributed by atoms with van der Waals surface area (Å²) in [6.07, 6.45) is 9.83. The molecule has 16 heavy (non-hydrogen) atoms. The van der Waals surface area contributed by atoms with Crippen molar-refractivity contribution in [2.24, 2.45) is 11.3 Å². The first-order valence-electron chi connectivity index (χ1n) is 6.65. The molecule has 2 saturated carbocycles. The zero-order valence-corrected chi connectivity index (χ0v) is 10.6. The van der Waals surface area contributed by atoms with E-state index in [4.69, 9.17) is 0 Å². The van der Waals surface area contributed by atoms with E-state index < -0.39 is 0 Å². The Morgan fingerprint density at radius 1 is 1.31 bits per heavy atom. The normalized spacial score (nSPS) is 33.2. The Bertz CT molecular complexity index is 385. The van der Waals surface area contributed by atoms with Crippen molar-refractivity contribution in [1.82, 2.24) is 9.78 Å². The van der Waals surface area contributed by atoms with Crippen molar-refractivity contribution in [3.8, 4) is 0 Å². The summed E-state index contributed by atoms with van der Waals surface area (Å²) in [5, 5.41) is 4.58. The van der Waals surface area contributed by atoms with Crippen molar-refractivity contribution in [3.05, 3.63) is 18.0 Å². The standard InChI is InChI=1S/C14H22N2/c1-10-13(14(10,2)3)11-8-15-16(9-11)12-6-4-5-7-12/h8-10,12-13H,4-7H2,1-3H3/t10-,13+/m1/s1. The minimum atomic E-state index is 0.490. The van der Waals surface area contributed by atoms with Crippen LogP contribution in [0.1, 0.15) is 64.0 Å². The second-order valence-corrected chi connectivity index (χ2v) is 6.28. The van der Waals surface area contributed by atoms with Gasteiger partial charge in [0.05, 0.1) is 12.2 Å². The molecule has 0 unspecified atom stereocenters. The molecule has 2 heteroatoms. The Balaban J connectivity index is 1.78. The largest absolute Gasteiger partial charge is 0.269 e. The van der Waals surface area contributed by atoms with Crippen LogP contribution in [0.15, 0.2) is 12.4 Å². The molecule has 3 rings (SSSR count). The molecule has 0 N–H and O–H groups in total. The van der Waals surface area contributed by atoms with Crippen molar-refractivity contribution in [2.45, 2.75) is 58.4 Å². The van der Waals surface area contributed by atoms with Gasteiger partial charge >= 0.3 is 0 Å². The quantitative estimate of drug-likeness (QED) is 0.739. The van der Waals surface area contributed by atoms with Crippen LogP contribution in [0, 0.1) is 11.3 Å². The summed E-state index contributed by atoms with van der Waals surface area (Å²) in [6.45, 7) is 7.10. The van der Waals surface area contributed by atoms with Crippen LogP contribution in [0.2, 0.25) is 0 Å². The highest BCUT2D eigenvalue weighted by molar-refractivity contribution is 5.27. The van der Waals surface area contributed by atoms with Crippen molar-refractivity contribution < 1.29 is 0 Å². The first-order valence-corrected chi connectivity index (χ1v) is 6.65. The second-order valence-electron chi connectivity index (χ2n) is 6.28. The number of rotatable bonds is 2. The van der Waals surface area contributed by atoms with Gasteiger partial charge in [-0.25, -0.2) is 0 Å². The Labute approximate surface area is 98.0 Å². The first kappa shape index (κ1) is 10.4. The van der Waals surface area contributed by atoms with Gasteiger partial charge in [-0.05, 0) is 35.7 Å². The Morgan fingerprint density at radius 3 is 2.50 bits per heavy atom.